The molecule has 6 rings (SSSR count). The van der Waals surface area contributed by atoms with Gasteiger partial charge in [-0.1, -0.05) is 66.0 Å². The number of benzene rings is 2. The van der Waals surface area contributed by atoms with E-state index in [9.17, 15) is 4.79 Å². The zero-order valence-electron chi connectivity index (χ0n) is 34.3. The molecule has 0 aromatic heterocycles. The summed E-state index contributed by atoms with van der Waals surface area (Å²) >= 11 is 0. The highest BCUT2D eigenvalue weighted by Crippen LogP contribution is 2.68. The number of nitrogen functional groups attached to an aromatic ring is 2. The van der Waals surface area contributed by atoms with Crippen molar-refractivity contribution in [3.05, 3.63) is 54.1 Å². The Morgan fingerprint density at radius 1 is 0.796 bits per heavy atom. The number of ether oxygens (including phenoxy) is 3. The molecular formula is C48H72N2O4. The smallest absolute Gasteiger partial charge is 0.331 e. The Morgan fingerprint density at radius 3 is 2.26 bits per heavy atom. The van der Waals surface area contributed by atoms with E-state index in [1.165, 1.54) is 64.2 Å². The van der Waals surface area contributed by atoms with Gasteiger partial charge >= 0.3 is 5.97 Å². The highest BCUT2D eigenvalue weighted by molar-refractivity contribution is 5.87. The highest BCUT2D eigenvalue weighted by atomic mass is 16.5. The lowest BCUT2D eigenvalue weighted by Crippen LogP contribution is -2.54. The van der Waals surface area contributed by atoms with Gasteiger partial charge in [0.15, 0.2) is 0 Å². The van der Waals surface area contributed by atoms with Crippen LogP contribution in [-0.2, 0) is 9.53 Å². The Morgan fingerprint density at radius 2 is 1.52 bits per heavy atom. The van der Waals surface area contributed by atoms with Crippen molar-refractivity contribution in [3.8, 4) is 11.5 Å². The van der Waals surface area contributed by atoms with Crippen molar-refractivity contribution in [1.82, 2.24) is 0 Å². The normalized spacial score (nSPS) is 31.1. The predicted molar refractivity (Wildman–Crippen MR) is 223 cm³/mol. The molecule has 2 aromatic carbocycles. The molecule has 298 valence electrons. The lowest BCUT2D eigenvalue weighted by molar-refractivity contribution is -0.157. The van der Waals surface area contributed by atoms with Gasteiger partial charge in [-0.25, -0.2) is 4.79 Å². The van der Waals surface area contributed by atoms with Crippen LogP contribution in [0.1, 0.15) is 143 Å². The molecule has 6 heteroatoms. The van der Waals surface area contributed by atoms with E-state index < -0.39 is 0 Å². The van der Waals surface area contributed by atoms with E-state index in [1.54, 1.807) is 18.2 Å². The Kier molecular flexibility index (Phi) is 13.7. The molecule has 4 saturated carbocycles. The molecule has 0 amide bonds. The number of esters is 1. The van der Waals surface area contributed by atoms with Crippen molar-refractivity contribution in [3.63, 3.8) is 0 Å². The van der Waals surface area contributed by atoms with Crippen LogP contribution >= 0.6 is 0 Å². The molecule has 4 fully saturated rings. The molecule has 0 saturated heterocycles. The zero-order chi connectivity index (χ0) is 38.3. The molecule has 9 atom stereocenters. The molecule has 4 aliphatic carbocycles. The van der Waals surface area contributed by atoms with Crippen LogP contribution in [0.5, 0.6) is 11.5 Å². The van der Waals surface area contributed by atoms with Gasteiger partial charge in [0.25, 0.3) is 0 Å². The van der Waals surface area contributed by atoms with Crippen LogP contribution in [-0.4, -0.2) is 25.3 Å². The van der Waals surface area contributed by atoms with Gasteiger partial charge < -0.3 is 25.7 Å². The number of hydrogen-bond donors (Lipinski definition) is 2. The number of carbonyl (C=O) groups excluding carboxylic acids is 1. The van der Waals surface area contributed by atoms with Gasteiger partial charge in [-0.05, 0) is 178 Å². The average molecular weight is 741 g/mol. The Hall–Kier alpha value is -3.15. The van der Waals surface area contributed by atoms with Gasteiger partial charge in [0.2, 0.25) is 0 Å². The Bertz CT molecular complexity index is 1540. The molecule has 0 radical (unpaired) electrons. The van der Waals surface area contributed by atoms with Gasteiger partial charge in [0, 0.05) is 11.8 Å². The average Bonchev–Trinajstić information content (AvgIpc) is 3.50. The molecule has 2 aromatic rings. The minimum Gasteiger partial charge on any atom is -0.494 e. The van der Waals surface area contributed by atoms with Crippen LogP contribution in [0, 0.1) is 52.3 Å². The second-order valence-electron chi connectivity index (χ2n) is 18.8. The fourth-order valence-corrected chi connectivity index (χ4v) is 12.0. The topological polar surface area (TPSA) is 96.8 Å². The number of rotatable bonds is 17. The summed E-state index contributed by atoms with van der Waals surface area (Å²) in [7, 11) is 0. The van der Waals surface area contributed by atoms with Crippen molar-refractivity contribution in [1.29, 1.82) is 0 Å². The molecule has 0 aliphatic heterocycles. The minimum absolute atomic E-state index is 0.0407. The van der Waals surface area contributed by atoms with E-state index >= 15 is 0 Å². The minimum atomic E-state index is -0.215. The second-order valence-corrected chi connectivity index (χ2v) is 18.8. The summed E-state index contributed by atoms with van der Waals surface area (Å²) in [6.07, 6.45) is 23.5. The van der Waals surface area contributed by atoms with Crippen molar-refractivity contribution in [2.24, 2.45) is 52.3 Å². The largest absolute Gasteiger partial charge is 0.494 e. The van der Waals surface area contributed by atoms with Crippen molar-refractivity contribution >= 4 is 23.4 Å². The second kappa shape index (κ2) is 18.2. The van der Waals surface area contributed by atoms with Gasteiger partial charge in [0.1, 0.15) is 17.6 Å². The quantitative estimate of drug-likeness (QED) is 0.0725. The standard InChI is InChI=1S/C48H72N2O4/c1-33(2)11-10-12-34(3)41-21-22-42-40-20-16-36-31-39(25-27-47(36,4)43(40)26-28-48(41,42)5)54-46(51)24-15-35-13-18-38(19-14-35)52-29-8-6-7-9-30-53-45-23-17-37(49)32-44(45)50/h13-15,17-19,23-24,32-34,36,39-43H,6-12,16,20-22,25-31,49-50H2,1-5H3/t34-,36?,39?,40+,41-,42+,43+,47+,48-/m1/s1. The van der Waals surface area contributed by atoms with Crippen LogP contribution < -0.4 is 20.9 Å². The summed E-state index contributed by atoms with van der Waals surface area (Å²) in [6, 6.07) is 13.3. The number of hydrogen-bond acceptors (Lipinski definition) is 6. The molecule has 0 spiro atoms. The third kappa shape index (κ3) is 9.62. The van der Waals surface area contributed by atoms with E-state index in [4.69, 9.17) is 25.7 Å². The van der Waals surface area contributed by atoms with Crippen molar-refractivity contribution in [2.45, 2.75) is 143 Å². The lowest BCUT2D eigenvalue weighted by atomic mass is 9.44. The maximum absolute atomic E-state index is 13.0. The zero-order valence-corrected chi connectivity index (χ0v) is 34.3. The van der Waals surface area contributed by atoms with Crippen molar-refractivity contribution in [2.75, 3.05) is 24.7 Å². The molecule has 4 aliphatic rings. The third-order valence-electron chi connectivity index (χ3n) is 15.0. The van der Waals surface area contributed by atoms with Gasteiger partial charge in [-0.3, -0.25) is 0 Å². The first kappa shape index (κ1) is 40.5. The molecule has 4 N–H and O–H groups in total. The van der Waals surface area contributed by atoms with Gasteiger partial charge in [-0.2, -0.15) is 0 Å². The van der Waals surface area contributed by atoms with Crippen LogP contribution in [0.15, 0.2) is 48.5 Å². The van der Waals surface area contributed by atoms with Gasteiger partial charge in [0.05, 0.1) is 18.9 Å². The number of fused-ring (bicyclic) bond motifs is 5. The van der Waals surface area contributed by atoms with Gasteiger partial charge in [-0.15, -0.1) is 0 Å². The van der Waals surface area contributed by atoms with Crippen LogP contribution in [0.4, 0.5) is 11.4 Å². The first-order chi connectivity index (χ1) is 26.0. The number of unbranched alkanes of at least 4 members (excludes halogenated alkanes) is 3. The number of carbonyl (C=O) groups is 1. The molecule has 0 bridgehead atoms. The summed E-state index contributed by atoms with van der Waals surface area (Å²) in [6.45, 7) is 14.0. The van der Waals surface area contributed by atoms with E-state index in [1.807, 2.05) is 36.4 Å². The maximum atomic E-state index is 13.0. The molecule has 2 unspecified atom stereocenters. The highest BCUT2D eigenvalue weighted by Gasteiger charge is 2.60. The number of nitrogens with two attached hydrogens (primary N) is 2. The summed E-state index contributed by atoms with van der Waals surface area (Å²) in [5.41, 5.74) is 14.8. The van der Waals surface area contributed by atoms with E-state index in [2.05, 4.69) is 34.6 Å². The first-order valence-electron chi connectivity index (χ1n) is 21.9. The van der Waals surface area contributed by atoms with Crippen molar-refractivity contribution < 1.29 is 19.0 Å². The molecule has 0 heterocycles. The summed E-state index contributed by atoms with van der Waals surface area (Å²) in [5, 5.41) is 0. The van der Waals surface area contributed by atoms with Crippen LogP contribution in [0.25, 0.3) is 6.08 Å². The maximum Gasteiger partial charge on any atom is 0.331 e. The van der Waals surface area contributed by atoms with E-state index in [0.29, 0.717) is 47.1 Å². The Labute approximate surface area is 327 Å². The third-order valence-corrected chi connectivity index (χ3v) is 15.0. The number of anilines is 2. The molecule has 54 heavy (non-hydrogen) atoms. The fraction of sp³-hybridized carbons (Fsp3) is 0.688. The van der Waals surface area contributed by atoms with E-state index in [0.717, 1.165) is 85.3 Å². The van der Waals surface area contributed by atoms with Crippen LogP contribution in [0.2, 0.25) is 0 Å². The molecule has 6 nitrogen and oxygen atoms in total. The SMILES string of the molecule is CC(C)CCC[C@@H](C)[C@H]1CC[C@H]2[C@@H]3CCC4CC(OC(=O)C=Cc5ccc(OCCCCCCOc6ccc(N)cc6N)cc5)CC[C@]4(C)[C@H]3CC[C@]12C. The Balaban J connectivity index is 0.887. The van der Waals surface area contributed by atoms with Crippen LogP contribution in [0.3, 0.4) is 0 Å². The molecular weight excluding hydrogens is 669 g/mol. The fourth-order valence-electron chi connectivity index (χ4n) is 12.0. The summed E-state index contributed by atoms with van der Waals surface area (Å²) in [5.74, 6) is 7.26. The van der Waals surface area contributed by atoms with E-state index in [-0.39, 0.29) is 12.1 Å². The summed E-state index contributed by atoms with van der Waals surface area (Å²) < 4.78 is 17.8. The summed E-state index contributed by atoms with van der Waals surface area (Å²) in [4.78, 5) is 13.0. The first-order valence-corrected chi connectivity index (χ1v) is 21.9. The predicted octanol–water partition coefficient (Wildman–Crippen LogP) is 11.9. The monoisotopic (exact) mass is 741 g/mol. The lowest BCUT2D eigenvalue weighted by Gasteiger charge is -2.61.